The number of aromatic nitrogens is 2. The molecule has 4 rings (SSSR count). The third-order valence-electron chi connectivity index (χ3n) is 5.08. The fourth-order valence-electron chi connectivity index (χ4n) is 3.68. The molecule has 1 amide bonds. The minimum atomic E-state index is -0.341. The van der Waals surface area contributed by atoms with E-state index in [4.69, 9.17) is 8.83 Å². The van der Waals surface area contributed by atoms with Gasteiger partial charge in [-0.25, -0.2) is 4.98 Å². The molecule has 1 unspecified atom stereocenters. The SMILES string of the molecule is Cc1oc2ncn(C)c(=O)c2c1C(=O)NCC(c1ccco1)N1CCCC1. The topological polar surface area (TPSA) is 93.5 Å². The van der Waals surface area contributed by atoms with Crippen molar-refractivity contribution in [3.63, 3.8) is 0 Å². The summed E-state index contributed by atoms with van der Waals surface area (Å²) in [5, 5.41) is 3.17. The highest BCUT2D eigenvalue weighted by Crippen LogP contribution is 2.26. The molecule has 1 aliphatic rings. The van der Waals surface area contributed by atoms with E-state index in [9.17, 15) is 9.59 Å². The Balaban J connectivity index is 1.60. The van der Waals surface area contributed by atoms with Crippen LogP contribution in [0.3, 0.4) is 0 Å². The van der Waals surface area contributed by atoms with E-state index in [2.05, 4.69) is 15.2 Å². The normalized spacial score (nSPS) is 16.1. The number of furan rings is 2. The average Bonchev–Trinajstić information content (AvgIpc) is 3.39. The Hall–Kier alpha value is -2.87. The summed E-state index contributed by atoms with van der Waals surface area (Å²) in [6, 6.07) is 3.74. The van der Waals surface area contributed by atoms with Gasteiger partial charge in [-0.1, -0.05) is 0 Å². The van der Waals surface area contributed by atoms with Gasteiger partial charge in [0.25, 0.3) is 11.5 Å². The molecule has 4 heterocycles. The molecule has 27 heavy (non-hydrogen) atoms. The lowest BCUT2D eigenvalue weighted by atomic mass is 10.1. The zero-order valence-electron chi connectivity index (χ0n) is 15.4. The molecule has 1 aliphatic heterocycles. The third-order valence-corrected chi connectivity index (χ3v) is 5.08. The predicted octanol–water partition coefficient (Wildman–Crippen LogP) is 1.99. The van der Waals surface area contributed by atoms with E-state index in [0.29, 0.717) is 12.3 Å². The maximum Gasteiger partial charge on any atom is 0.265 e. The smallest absolute Gasteiger partial charge is 0.265 e. The van der Waals surface area contributed by atoms with Crippen molar-refractivity contribution in [2.45, 2.75) is 25.8 Å². The molecule has 1 atom stereocenters. The van der Waals surface area contributed by atoms with Crippen molar-refractivity contribution in [1.29, 1.82) is 0 Å². The van der Waals surface area contributed by atoms with Gasteiger partial charge in [-0.3, -0.25) is 14.5 Å². The number of rotatable bonds is 5. The molecule has 1 saturated heterocycles. The molecule has 0 aromatic carbocycles. The summed E-state index contributed by atoms with van der Waals surface area (Å²) in [5.74, 6) is 0.865. The van der Waals surface area contributed by atoms with Crippen LogP contribution in [0.1, 0.15) is 40.8 Å². The molecule has 0 radical (unpaired) electrons. The van der Waals surface area contributed by atoms with E-state index >= 15 is 0 Å². The van der Waals surface area contributed by atoms with Crippen molar-refractivity contribution < 1.29 is 13.6 Å². The Bertz CT molecular complexity index is 1010. The summed E-state index contributed by atoms with van der Waals surface area (Å²) in [4.78, 5) is 31.8. The van der Waals surface area contributed by atoms with Crippen molar-refractivity contribution >= 4 is 17.0 Å². The molecule has 3 aromatic rings. The maximum atomic E-state index is 12.9. The number of fused-ring (bicyclic) bond motifs is 1. The average molecular weight is 370 g/mol. The second-order valence-electron chi connectivity index (χ2n) is 6.86. The molecule has 0 spiro atoms. The van der Waals surface area contributed by atoms with E-state index in [1.54, 1.807) is 20.2 Å². The van der Waals surface area contributed by atoms with E-state index in [-0.39, 0.29) is 34.2 Å². The van der Waals surface area contributed by atoms with Crippen LogP contribution in [0.15, 0.2) is 38.4 Å². The Morgan fingerprint density at radius 1 is 1.37 bits per heavy atom. The van der Waals surface area contributed by atoms with Crippen LogP contribution in [-0.4, -0.2) is 40.0 Å². The molecular formula is C19H22N4O4. The van der Waals surface area contributed by atoms with Crippen molar-refractivity contribution in [3.05, 3.63) is 52.2 Å². The second kappa shape index (κ2) is 7.03. The number of hydrogen-bond acceptors (Lipinski definition) is 6. The molecule has 8 nitrogen and oxygen atoms in total. The van der Waals surface area contributed by atoms with Gasteiger partial charge in [0.05, 0.1) is 17.9 Å². The third kappa shape index (κ3) is 3.16. The van der Waals surface area contributed by atoms with Gasteiger partial charge in [0, 0.05) is 13.6 Å². The van der Waals surface area contributed by atoms with Gasteiger partial charge in [-0.2, -0.15) is 0 Å². The Kier molecular flexibility index (Phi) is 4.57. The summed E-state index contributed by atoms with van der Waals surface area (Å²) < 4.78 is 12.4. The lowest BCUT2D eigenvalue weighted by Crippen LogP contribution is -2.37. The van der Waals surface area contributed by atoms with Crippen LogP contribution in [0.2, 0.25) is 0 Å². The van der Waals surface area contributed by atoms with E-state index in [1.807, 2.05) is 12.1 Å². The molecule has 0 bridgehead atoms. The highest BCUT2D eigenvalue weighted by atomic mass is 16.3. The standard InChI is InChI=1S/C19H22N4O4/c1-12-15(16-18(27-12)21-11-22(2)19(16)25)17(24)20-10-13(14-6-5-9-26-14)23-7-3-4-8-23/h5-6,9,11,13H,3-4,7-8,10H2,1-2H3,(H,20,24). The van der Waals surface area contributed by atoms with Gasteiger partial charge in [0.2, 0.25) is 5.71 Å². The van der Waals surface area contributed by atoms with Crippen molar-refractivity contribution in [2.75, 3.05) is 19.6 Å². The number of amides is 1. The van der Waals surface area contributed by atoms with Gasteiger partial charge in [-0.15, -0.1) is 0 Å². The van der Waals surface area contributed by atoms with Gasteiger partial charge in [0.15, 0.2) is 0 Å². The van der Waals surface area contributed by atoms with Crippen molar-refractivity contribution in [3.8, 4) is 0 Å². The summed E-state index contributed by atoms with van der Waals surface area (Å²) in [6.45, 7) is 4.00. The number of carbonyl (C=O) groups is 1. The van der Waals surface area contributed by atoms with Crippen LogP contribution in [-0.2, 0) is 7.05 Å². The highest BCUT2D eigenvalue weighted by Gasteiger charge is 2.28. The molecule has 0 saturated carbocycles. The Labute approximate surface area is 155 Å². The molecule has 8 heteroatoms. The van der Waals surface area contributed by atoms with E-state index in [0.717, 1.165) is 31.7 Å². The molecule has 3 aromatic heterocycles. The summed E-state index contributed by atoms with van der Waals surface area (Å²) in [6.07, 6.45) is 5.30. The first-order valence-corrected chi connectivity index (χ1v) is 9.06. The van der Waals surface area contributed by atoms with Crippen LogP contribution in [0.5, 0.6) is 0 Å². The molecule has 1 fully saturated rings. The quantitative estimate of drug-likeness (QED) is 0.738. The van der Waals surface area contributed by atoms with E-state index < -0.39 is 0 Å². The Morgan fingerprint density at radius 2 is 2.15 bits per heavy atom. The predicted molar refractivity (Wildman–Crippen MR) is 98.6 cm³/mol. The number of nitrogens with zero attached hydrogens (tertiary/aromatic N) is 3. The number of hydrogen-bond donors (Lipinski definition) is 1. The van der Waals surface area contributed by atoms with Gasteiger partial charge >= 0.3 is 0 Å². The van der Waals surface area contributed by atoms with E-state index in [1.165, 1.54) is 10.9 Å². The van der Waals surface area contributed by atoms with Gasteiger partial charge < -0.3 is 18.7 Å². The molecular weight excluding hydrogens is 348 g/mol. The number of carbonyl (C=O) groups excluding carboxylic acids is 1. The summed E-state index contributed by atoms with van der Waals surface area (Å²) in [5.41, 5.74) is 0.130. The summed E-state index contributed by atoms with van der Waals surface area (Å²) in [7, 11) is 1.60. The first kappa shape index (κ1) is 17.5. The zero-order valence-corrected chi connectivity index (χ0v) is 15.4. The van der Waals surface area contributed by atoms with Crippen LogP contribution in [0, 0.1) is 6.92 Å². The fourth-order valence-corrected chi connectivity index (χ4v) is 3.68. The lowest BCUT2D eigenvalue weighted by molar-refractivity contribution is 0.0933. The van der Waals surface area contributed by atoms with Crippen molar-refractivity contribution in [1.82, 2.24) is 19.8 Å². The highest BCUT2D eigenvalue weighted by molar-refractivity contribution is 6.06. The maximum absolute atomic E-state index is 12.9. The summed E-state index contributed by atoms with van der Waals surface area (Å²) >= 11 is 0. The Morgan fingerprint density at radius 3 is 2.85 bits per heavy atom. The fraction of sp³-hybridized carbons (Fsp3) is 0.421. The number of likely N-dealkylation sites (tertiary alicyclic amines) is 1. The zero-order chi connectivity index (χ0) is 19.0. The molecule has 1 N–H and O–H groups in total. The monoisotopic (exact) mass is 370 g/mol. The van der Waals surface area contributed by atoms with Crippen LogP contribution in [0.4, 0.5) is 0 Å². The van der Waals surface area contributed by atoms with Crippen LogP contribution in [0.25, 0.3) is 11.1 Å². The van der Waals surface area contributed by atoms with Crippen LogP contribution < -0.4 is 10.9 Å². The van der Waals surface area contributed by atoms with Crippen molar-refractivity contribution in [2.24, 2.45) is 7.05 Å². The number of nitrogens with one attached hydrogen (secondary N) is 1. The van der Waals surface area contributed by atoms with Gasteiger partial charge in [0.1, 0.15) is 23.2 Å². The van der Waals surface area contributed by atoms with Crippen LogP contribution >= 0.6 is 0 Å². The molecule has 142 valence electrons. The largest absolute Gasteiger partial charge is 0.468 e. The minimum Gasteiger partial charge on any atom is -0.468 e. The lowest BCUT2D eigenvalue weighted by Gasteiger charge is -2.25. The molecule has 0 aliphatic carbocycles. The number of aryl methyl sites for hydroxylation is 2. The second-order valence-corrected chi connectivity index (χ2v) is 6.86. The first-order chi connectivity index (χ1) is 13.1. The minimum absolute atomic E-state index is 0.0362. The first-order valence-electron chi connectivity index (χ1n) is 9.06. The van der Waals surface area contributed by atoms with Gasteiger partial charge in [-0.05, 0) is 45.0 Å².